The summed E-state index contributed by atoms with van der Waals surface area (Å²) in [7, 11) is 1.80. The van der Waals surface area contributed by atoms with Gasteiger partial charge in [0.15, 0.2) is 11.5 Å². The summed E-state index contributed by atoms with van der Waals surface area (Å²) in [6, 6.07) is 5.34. The van der Waals surface area contributed by atoms with Crippen LogP contribution in [0.15, 0.2) is 18.2 Å². The summed E-state index contributed by atoms with van der Waals surface area (Å²) in [4.78, 5) is 28.7. The van der Waals surface area contributed by atoms with E-state index in [9.17, 15) is 9.59 Å². The monoisotopic (exact) mass is 405 g/mol. The zero-order valence-electron chi connectivity index (χ0n) is 18.0. The zero-order valence-corrected chi connectivity index (χ0v) is 18.0. The zero-order chi connectivity index (χ0) is 21.1. The van der Waals surface area contributed by atoms with Gasteiger partial charge in [-0.05, 0) is 45.9 Å². The lowest BCUT2D eigenvalue weighted by molar-refractivity contribution is -0.132. The lowest BCUT2D eigenvalue weighted by Gasteiger charge is -2.27. The molecular weight excluding hydrogens is 370 g/mol. The highest BCUT2D eigenvalue weighted by molar-refractivity contribution is 5.93. The minimum absolute atomic E-state index is 0.0990. The average molecular weight is 406 g/mol. The largest absolute Gasteiger partial charge is 0.490 e. The number of benzene rings is 1. The Morgan fingerprint density at radius 3 is 2.24 bits per heavy atom. The molecule has 7 nitrogen and oxygen atoms in total. The Bertz CT molecular complexity index is 657. The van der Waals surface area contributed by atoms with E-state index in [1.165, 1.54) is 19.3 Å². The molecule has 2 amide bonds. The first-order valence-corrected chi connectivity index (χ1v) is 10.7. The van der Waals surface area contributed by atoms with E-state index in [2.05, 4.69) is 5.32 Å². The standard InChI is InChI=1S/C22H35N3O4/c1-4-28-19-12-11-18(15-20(19)29-5-2)23-21(26)16-24(3)17-22(27)25-13-9-7-6-8-10-14-25/h11-12,15H,4-10,13-14,16-17H2,1-3H3,(H,23,26). The predicted molar refractivity (Wildman–Crippen MR) is 115 cm³/mol. The third-order valence-corrected chi connectivity index (χ3v) is 4.85. The highest BCUT2D eigenvalue weighted by Crippen LogP contribution is 2.30. The predicted octanol–water partition coefficient (Wildman–Crippen LogP) is 3.15. The molecule has 1 aliphatic heterocycles. The molecule has 0 spiro atoms. The molecule has 0 unspecified atom stereocenters. The van der Waals surface area contributed by atoms with Gasteiger partial charge in [-0.3, -0.25) is 14.5 Å². The van der Waals surface area contributed by atoms with Crippen LogP contribution >= 0.6 is 0 Å². The maximum absolute atomic E-state index is 12.6. The maximum Gasteiger partial charge on any atom is 0.238 e. The van der Waals surface area contributed by atoms with Crippen LogP contribution in [0.4, 0.5) is 5.69 Å². The molecule has 0 bridgehead atoms. The Hall–Kier alpha value is -2.28. The number of carbonyl (C=O) groups is 2. The number of nitrogens with zero attached hydrogens (tertiary/aromatic N) is 2. The first-order chi connectivity index (χ1) is 14.0. The van der Waals surface area contributed by atoms with E-state index >= 15 is 0 Å². The van der Waals surface area contributed by atoms with Crippen LogP contribution in [0.25, 0.3) is 0 Å². The fourth-order valence-electron chi connectivity index (χ4n) is 3.46. The molecule has 0 atom stereocenters. The third-order valence-electron chi connectivity index (χ3n) is 4.85. The van der Waals surface area contributed by atoms with Crippen molar-refractivity contribution in [1.29, 1.82) is 0 Å². The molecule has 0 aliphatic carbocycles. The minimum Gasteiger partial charge on any atom is -0.490 e. The first-order valence-electron chi connectivity index (χ1n) is 10.7. The van der Waals surface area contributed by atoms with Gasteiger partial charge < -0.3 is 19.7 Å². The number of carbonyl (C=O) groups excluding carboxylic acids is 2. The van der Waals surface area contributed by atoms with E-state index in [0.717, 1.165) is 25.9 Å². The van der Waals surface area contributed by atoms with Gasteiger partial charge in [-0.15, -0.1) is 0 Å². The fraction of sp³-hybridized carbons (Fsp3) is 0.636. The summed E-state index contributed by atoms with van der Waals surface area (Å²) in [6.07, 6.45) is 5.77. The van der Waals surface area contributed by atoms with E-state index in [-0.39, 0.29) is 24.9 Å². The molecule has 1 N–H and O–H groups in total. The second-order valence-electron chi connectivity index (χ2n) is 7.40. The van der Waals surface area contributed by atoms with Crippen LogP contribution in [-0.2, 0) is 9.59 Å². The smallest absolute Gasteiger partial charge is 0.238 e. The number of amides is 2. The van der Waals surface area contributed by atoms with Gasteiger partial charge in [0, 0.05) is 24.8 Å². The SMILES string of the molecule is CCOc1ccc(NC(=O)CN(C)CC(=O)N2CCCCCCC2)cc1OCC. The molecule has 0 aromatic heterocycles. The van der Waals surface area contributed by atoms with Crippen molar-refractivity contribution < 1.29 is 19.1 Å². The number of anilines is 1. The highest BCUT2D eigenvalue weighted by atomic mass is 16.5. The lowest BCUT2D eigenvalue weighted by atomic mass is 10.1. The molecule has 0 saturated carbocycles. The van der Waals surface area contributed by atoms with Crippen molar-refractivity contribution in [3.05, 3.63) is 18.2 Å². The molecule has 2 rings (SSSR count). The van der Waals surface area contributed by atoms with Gasteiger partial charge in [0.2, 0.25) is 11.8 Å². The number of likely N-dealkylation sites (N-methyl/N-ethyl adjacent to an activating group) is 1. The highest BCUT2D eigenvalue weighted by Gasteiger charge is 2.18. The quantitative estimate of drug-likeness (QED) is 0.683. The molecule has 0 radical (unpaired) electrons. The van der Waals surface area contributed by atoms with E-state index in [0.29, 0.717) is 30.4 Å². The molecule has 1 aliphatic rings. The van der Waals surface area contributed by atoms with Crippen LogP contribution in [-0.4, -0.2) is 68.1 Å². The van der Waals surface area contributed by atoms with Gasteiger partial charge in [-0.25, -0.2) is 0 Å². The first kappa shape index (κ1) is 23.0. The summed E-state index contributed by atoms with van der Waals surface area (Å²) >= 11 is 0. The van der Waals surface area contributed by atoms with Gasteiger partial charge in [-0.1, -0.05) is 19.3 Å². The van der Waals surface area contributed by atoms with Crippen molar-refractivity contribution in [2.45, 2.75) is 46.0 Å². The molecule has 1 heterocycles. The van der Waals surface area contributed by atoms with Gasteiger partial charge in [0.25, 0.3) is 0 Å². The molecule has 7 heteroatoms. The molecule has 1 aromatic carbocycles. The maximum atomic E-state index is 12.6. The van der Waals surface area contributed by atoms with Crippen LogP contribution in [0, 0.1) is 0 Å². The van der Waals surface area contributed by atoms with Crippen LogP contribution in [0.3, 0.4) is 0 Å². The average Bonchev–Trinajstić information content (AvgIpc) is 2.63. The van der Waals surface area contributed by atoms with Crippen molar-refractivity contribution in [2.24, 2.45) is 0 Å². The Kier molecular flexibility index (Phi) is 9.77. The Labute approximate surface area is 174 Å². The Morgan fingerprint density at radius 2 is 1.59 bits per heavy atom. The summed E-state index contributed by atoms with van der Waals surface area (Å²) in [6.45, 7) is 6.92. The Balaban J connectivity index is 1.85. The summed E-state index contributed by atoms with van der Waals surface area (Å²) < 4.78 is 11.1. The Morgan fingerprint density at radius 1 is 0.966 bits per heavy atom. The van der Waals surface area contributed by atoms with Crippen molar-refractivity contribution >= 4 is 17.5 Å². The number of nitrogens with one attached hydrogen (secondary N) is 1. The summed E-state index contributed by atoms with van der Waals surface area (Å²) in [5.41, 5.74) is 0.644. The summed E-state index contributed by atoms with van der Waals surface area (Å²) in [5.74, 6) is 1.19. The fourth-order valence-corrected chi connectivity index (χ4v) is 3.46. The topological polar surface area (TPSA) is 71.1 Å². The van der Waals surface area contributed by atoms with E-state index < -0.39 is 0 Å². The number of likely N-dealkylation sites (tertiary alicyclic amines) is 1. The normalized spacial score (nSPS) is 14.8. The number of rotatable bonds is 9. The van der Waals surface area contributed by atoms with Crippen LogP contribution in [0.5, 0.6) is 11.5 Å². The summed E-state index contributed by atoms with van der Waals surface area (Å²) in [5, 5.41) is 2.87. The van der Waals surface area contributed by atoms with Crippen LogP contribution in [0.2, 0.25) is 0 Å². The molecule has 162 valence electrons. The van der Waals surface area contributed by atoms with Gasteiger partial charge >= 0.3 is 0 Å². The van der Waals surface area contributed by atoms with Crippen molar-refractivity contribution in [2.75, 3.05) is 51.8 Å². The van der Waals surface area contributed by atoms with E-state index in [1.807, 2.05) is 18.7 Å². The van der Waals surface area contributed by atoms with E-state index in [4.69, 9.17) is 9.47 Å². The van der Waals surface area contributed by atoms with E-state index in [1.54, 1.807) is 30.1 Å². The van der Waals surface area contributed by atoms with Crippen molar-refractivity contribution in [1.82, 2.24) is 9.80 Å². The number of hydrogen-bond donors (Lipinski definition) is 1. The third kappa shape index (κ3) is 7.93. The van der Waals surface area contributed by atoms with Crippen LogP contribution in [0.1, 0.15) is 46.0 Å². The second-order valence-corrected chi connectivity index (χ2v) is 7.40. The molecule has 1 aromatic rings. The van der Waals surface area contributed by atoms with Gasteiger partial charge in [0.05, 0.1) is 26.3 Å². The number of hydrogen-bond acceptors (Lipinski definition) is 5. The van der Waals surface area contributed by atoms with Gasteiger partial charge in [0.1, 0.15) is 0 Å². The van der Waals surface area contributed by atoms with Crippen molar-refractivity contribution in [3.8, 4) is 11.5 Å². The second kappa shape index (κ2) is 12.3. The lowest BCUT2D eigenvalue weighted by Crippen LogP contribution is -2.42. The molecule has 29 heavy (non-hydrogen) atoms. The molecule has 1 fully saturated rings. The molecule has 1 saturated heterocycles. The van der Waals surface area contributed by atoms with Crippen molar-refractivity contribution in [3.63, 3.8) is 0 Å². The number of ether oxygens (including phenoxy) is 2. The minimum atomic E-state index is -0.167. The molecular formula is C22H35N3O4. The van der Waals surface area contributed by atoms with Crippen LogP contribution < -0.4 is 14.8 Å². The van der Waals surface area contributed by atoms with Gasteiger partial charge in [-0.2, -0.15) is 0 Å².